The minimum atomic E-state index is 0.540. The summed E-state index contributed by atoms with van der Waals surface area (Å²) < 4.78 is 5.16. The Hall–Kier alpha value is -3.15. The zero-order valence-electron chi connectivity index (χ0n) is 14.9. The van der Waals surface area contributed by atoms with Gasteiger partial charge in [0.15, 0.2) is 5.82 Å². The van der Waals surface area contributed by atoms with Crippen molar-refractivity contribution in [1.29, 1.82) is 0 Å². The fourth-order valence-electron chi connectivity index (χ4n) is 2.54. The summed E-state index contributed by atoms with van der Waals surface area (Å²) in [6.45, 7) is 1.47. The van der Waals surface area contributed by atoms with Gasteiger partial charge in [-0.1, -0.05) is 42.5 Å². The van der Waals surface area contributed by atoms with Crippen LogP contribution in [0.2, 0.25) is 0 Å². The lowest BCUT2D eigenvalue weighted by atomic mass is 10.1. The fraction of sp³-hybridized carbons (Fsp3) is 0.250. The molecule has 6 nitrogen and oxygen atoms in total. The molecule has 1 aromatic heterocycles. The third-order valence-corrected chi connectivity index (χ3v) is 3.96. The molecular formula is C20H23N5O. The molecule has 0 spiro atoms. The molecule has 0 saturated heterocycles. The van der Waals surface area contributed by atoms with Crippen LogP contribution in [0.15, 0.2) is 60.8 Å². The van der Waals surface area contributed by atoms with Crippen molar-refractivity contribution in [2.45, 2.75) is 19.4 Å². The lowest BCUT2D eigenvalue weighted by Crippen LogP contribution is -2.09. The Morgan fingerprint density at radius 3 is 2.50 bits per heavy atom. The van der Waals surface area contributed by atoms with E-state index >= 15 is 0 Å². The van der Waals surface area contributed by atoms with E-state index in [9.17, 15) is 0 Å². The molecule has 2 aromatic carbocycles. The molecule has 0 bridgehead atoms. The van der Waals surface area contributed by atoms with Crippen LogP contribution in [-0.2, 0) is 13.0 Å². The summed E-state index contributed by atoms with van der Waals surface area (Å²) >= 11 is 0. The van der Waals surface area contributed by atoms with Crippen molar-refractivity contribution in [3.05, 3.63) is 71.9 Å². The van der Waals surface area contributed by atoms with E-state index in [1.807, 2.05) is 30.3 Å². The number of hydrogen-bond donors (Lipinski definition) is 2. The van der Waals surface area contributed by atoms with Crippen molar-refractivity contribution in [2.75, 3.05) is 24.3 Å². The highest BCUT2D eigenvalue weighted by Crippen LogP contribution is 2.13. The van der Waals surface area contributed by atoms with Crippen LogP contribution in [0.4, 0.5) is 11.8 Å². The van der Waals surface area contributed by atoms with Crippen LogP contribution in [0.3, 0.4) is 0 Å². The summed E-state index contributed by atoms with van der Waals surface area (Å²) in [4.78, 5) is 4.45. The van der Waals surface area contributed by atoms with Crippen molar-refractivity contribution in [2.24, 2.45) is 0 Å². The third-order valence-electron chi connectivity index (χ3n) is 3.96. The average molecular weight is 349 g/mol. The van der Waals surface area contributed by atoms with Crippen molar-refractivity contribution in [3.63, 3.8) is 0 Å². The molecule has 1 heterocycles. The van der Waals surface area contributed by atoms with Gasteiger partial charge in [0.1, 0.15) is 5.75 Å². The van der Waals surface area contributed by atoms with Gasteiger partial charge in [0, 0.05) is 13.1 Å². The van der Waals surface area contributed by atoms with Crippen LogP contribution in [0.5, 0.6) is 5.75 Å². The van der Waals surface area contributed by atoms with Gasteiger partial charge in [-0.05, 0) is 36.1 Å². The second-order valence-corrected chi connectivity index (χ2v) is 5.88. The Morgan fingerprint density at radius 2 is 1.73 bits per heavy atom. The van der Waals surface area contributed by atoms with E-state index in [-0.39, 0.29) is 0 Å². The van der Waals surface area contributed by atoms with Crippen molar-refractivity contribution in [3.8, 4) is 5.75 Å². The molecule has 3 aromatic rings. The van der Waals surface area contributed by atoms with Gasteiger partial charge in [0.05, 0.1) is 13.3 Å². The summed E-state index contributed by atoms with van der Waals surface area (Å²) in [7, 11) is 1.66. The number of anilines is 2. The minimum absolute atomic E-state index is 0.540. The van der Waals surface area contributed by atoms with Gasteiger partial charge in [-0.25, -0.2) is 0 Å². The number of rotatable bonds is 9. The monoisotopic (exact) mass is 349 g/mol. The first kappa shape index (κ1) is 17.7. The SMILES string of the molecule is COc1ccc(CNc2cnnc(NCCCc3ccccc3)n2)cc1. The summed E-state index contributed by atoms with van der Waals surface area (Å²) in [5.74, 6) is 2.08. The number of ether oxygens (including phenoxy) is 1. The van der Waals surface area contributed by atoms with E-state index in [2.05, 4.69) is 50.1 Å². The third kappa shape index (κ3) is 5.44. The Labute approximate surface area is 153 Å². The summed E-state index contributed by atoms with van der Waals surface area (Å²) in [6.07, 6.45) is 3.66. The molecule has 26 heavy (non-hydrogen) atoms. The van der Waals surface area contributed by atoms with Gasteiger partial charge >= 0.3 is 0 Å². The van der Waals surface area contributed by atoms with Crippen LogP contribution < -0.4 is 15.4 Å². The van der Waals surface area contributed by atoms with Gasteiger partial charge < -0.3 is 15.4 Å². The Kier molecular flexibility index (Phi) is 6.36. The molecule has 0 fully saturated rings. The molecule has 0 aliphatic carbocycles. The van der Waals surface area contributed by atoms with E-state index in [1.54, 1.807) is 13.3 Å². The second kappa shape index (κ2) is 9.36. The van der Waals surface area contributed by atoms with Crippen LogP contribution >= 0.6 is 0 Å². The number of aromatic nitrogens is 3. The predicted octanol–water partition coefficient (Wildman–Crippen LogP) is 3.54. The first-order valence-corrected chi connectivity index (χ1v) is 8.68. The maximum Gasteiger partial charge on any atom is 0.244 e. The Balaban J connectivity index is 1.45. The van der Waals surface area contributed by atoms with Gasteiger partial charge in [-0.15, -0.1) is 5.10 Å². The van der Waals surface area contributed by atoms with Crippen molar-refractivity contribution >= 4 is 11.8 Å². The number of methoxy groups -OCH3 is 1. The van der Waals surface area contributed by atoms with E-state index in [0.29, 0.717) is 18.3 Å². The number of nitrogens with one attached hydrogen (secondary N) is 2. The molecule has 0 saturated carbocycles. The summed E-state index contributed by atoms with van der Waals surface area (Å²) in [6, 6.07) is 18.4. The molecule has 3 rings (SSSR count). The molecular weight excluding hydrogens is 326 g/mol. The standard InChI is InChI=1S/C20H23N5O/c1-26-18-11-9-17(10-12-18)14-22-19-15-23-25-20(24-19)21-13-5-8-16-6-3-2-4-7-16/h2-4,6-7,9-12,15H,5,8,13-14H2,1H3,(H2,21,22,24,25). The van der Waals surface area contributed by atoms with E-state index < -0.39 is 0 Å². The first-order valence-electron chi connectivity index (χ1n) is 8.68. The highest BCUT2D eigenvalue weighted by atomic mass is 16.5. The molecule has 134 valence electrons. The Bertz CT molecular complexity index is 793. The topological polar surface area (TPSA) is 72.0 Å². The number of nitrogens with zero attached hydrogens (tertiary/aromatic N) is 3. The fourth-order valence-corrected chi connectivity index (χ4v) is 2.54. The second-order valence-electron chi connectivity index (χ2n) is 5.88. The van der Waals surface area contributed by atoms with Crippen LogP contribution in [0, 0.1) is 0 Å². The zero-order valence-corrected chi connectivity index (χ0v) is 14.9. The Morgan fingerprint density at radius 1 is 0.923 bits per heavy atom. The van der Waals surface area contributed by atoms with Crippen LogP contribution in [0.25, 0.3) is 0 Å². The summed E-state index contributed by atoms with van der Waals surface area (Å²) in [5.41, 5.74) is 2.48. The van der Waals surface area contributed by atoms with E-state index in [1.165, 1.54) is 5.56 Å². The highest BCUT2D eigenvalue weighted by Gasteiger charge is 2.01. The number of hydrogen-bond acceptors (Lipinski definition) is 6. The van der Waals surface area contributed by atoms with E-state index in [0.717, 1.165) is 30.7 Å². The normalized spacial score (nSPS) is 10.3. The largest absolute Gasteiger partial charge is 0.497 e. The number of benzene rings is 2. The minimum Gasteiger partial charge on any atom is -0.497 e. The predicted molar refractivity (Wildman–Crippen MR) is 103 cm³/mol. The summed E-state index contributed by atoms with van der Waals surface area (Å²) in [5, 5.41) is 14.5. The van der Waals surface area contributed by atoms with Crippen LogP contribution in [0.1, 0.15) is 17.5 Å². The quantitative estimate of drug-likeness (QED) is 0.576. The molecule has 0 amide bonds. The van der Waals surface area contributed by atoms with Gasteiger partial charge in [0.2, 0.25) is 5.95 Å². The maximum atomic E-state index is 5.16. The molecule has 0 radical (unpaired) electrons. The molecule has 0 aliphatic rings. The van der Waals surface area contributed by atoms with Crippen molar-refractivity contribution < 1.29 is 4.74 Å². The highest BCUT2D eigenvalue weighted by molar-refractivity contribution is 5.38. The molecule has 6 heteroatoms. The van der Waals surface area contributed by atoms with Gasteiger partial charge in [-0.2, -0.15) is 10.1 Å². The molecule has 0 aliphatic heterocycles. The first-order chi connectivity index (χ1) is 12.8. The number of aryl methyl sites for hydroxylation is 1. The lowest BCUT2D eigenvalue weighted by molar-refractivity contribution is 0.414. The van der Waals surface area contributed by atoms with Gasteiger partial charge in [0.25, 0.3) is 0 Å². The van der Waals surface area contributed by atoms with Crippen LogP contribution in [-0.4, -0.2) is 28.8 Å². The average Bonchev–Trinajstić information content (AvgIpc) is 2.71. The smallest absolute Gasteiger partial charge is 0.244 e. The zero-order chi connectivity index (χ0) is 18.0. The molecule has 2 N–H and O–H groups in total. The maximum absolute atomic E-state index is 5.16. The molecule has 0 unspecified atom stereocenters. The van der Waals surface area contributed by atoms with Crippen molar-refractivity contribution in [1.82, 2.24) is 15.2 Å². The molecule has 0 atom stereocenters. The van der Waals surface area contributed by atoms with E-state index in [4.69, 9.17) is 4.74 Å². The lowest BCUT2D eigenvalue weighted by Gasteiger charge is -2.08. The van der Waals surface area contributed by atoms with Gasteiger partial charge in [-0.3, -0.25) is 0 Å².